The first kappa shape index (κ1) is 14.6. The Bertz CT molecular complexity index is 909. The molecule has 2 heterocycles. The normalized spacial score (nSPS) is 17.5. The molecule has 0 amide bonds. The van der Waals surface area contributed by atoms with E-state index in [1.165, 1.54) is 18.2 Å². The summed E-state index contributed by atoms with van der Waals surface area (Å²) in [5.74, 6) is 0.0232. The quantitative estimate of drug-likeness (QED) is 0.542. The molecular formula is C16H13FN4O3. The maximum absolute atomic E-state index is 13.1. The minimum absolute atomic E-state index is 0.121. The Balaban J connectivity index is 1.65. The highest BCUT2D eigenvalue weighted by molar-refractivity contribution is 5.93. The molecule has 0 spiro atoms. The number of aromatic nitrogens is 2. The fourth-order valence-corrected chi connectivity index (χ4v) is 3.23. The maximum atomic E-state index is 13.1. The van der Waals surface area contributed by atoms with E-state index >= 15 is 0 Å². The summed E-state index contributed by atoms with van der Waals surface area (Å²) >= 11 is 0. The van der Waals surface area contributed by atoms with Crippen LogP contribution in [0.2, 0.25) is 0 Å². The van der Waals surface area contributed by atoms with Crippen LogP contribution in [0.3, 0.4) is 0 Å². The number of hydrogen-bond acceptors (Lipinski definition) is 6. The van der Waals surface area contributed by atoms with Crippen LogP contribution in [0.4, 0.5) is 15.8 Å². The van der Waals surface area contributed by atoms with Gasteiger partial charge in [0.25, 0.3) is 0 Å². The molecule has 0 radical (unpaired) electrons. The number of anilines is 1. The Kier molecular flexibility index (Phi) is 3.37. The summed E-state index contributed by atoms with van der Waals surface area (Å²) in [6.07, 6.45) is 0.912. The molecule has 7 nitrogen and oxygen atoms in total. The molecule has 1 saturated heterocycles. The van der Waals surface area contributed by atoms with E-state index in [1.54, 1.807) is 18.2 Å². The second-order valence-corrected chi connectivity index (χ2v) is 5.81. The topological polar surface area (TPSA) is 85.3 Å². The van der Waals surface area contributed by atoms with E-state index in [2.05, 4.69) is 15.2 Å². The van der Waals surface area contributed by atoms with Gasteiger partial charge in [-0.15, -0.1) is 0 Å². The second-order valence-electron chi connectivity index (χ2n) is 5.81. The molecule has 4 rings (SSSR count). The highest BCUT2D eigenvalue weighted by atomic mass is 19.1. The van der Waals surface area contributed by atoms with Gasteiger partial charge in [0.15, 0.2) is 5.52 Å². The number of nitrogens with zero attached hydrogens (tertiary/aromatic N) is 4. The van der Waals surface area contributed by atoms with Gasteiger partial charge < -0.3 is 4.90 Å². The third-order valence-corrected chi connectivity index (χ3v) is 4.44. The van der Waals surface area contributed by atoms with Crippen LogP contribution in [0.25, 0.3) is 11.0 Å². The number of halogens is 1. The number of hydrogen-bond donors (Lipinski definition) is 0. The Labute approximate surface area is 135 Å². The number of fused-ring (bicyclic) bond motifs is 1. The molecule has 8 heteroatoms. The molecule has 3 aromatic rings. The van der Waals surface area contributed by atoms with Gasteiger partial charge in [-0.3, -0.25) is 10.1 Å². The third-order valence-electron chi connectivity index (χ3n) is 4.44. The highest BCUT2D eigenvalue weighted by Crippen LogP contribution is 2.36. The molecule has 2 aromatic carbocycles. The van der Waals surface area contributed by atoms with Gasteiger partial charge in [0.2, 0.25) is 5.52 Å². The zero-order chi connectivity index (χ0) is 16.7. The van der Waals surface area contributed by atoms with Gasteiger partial charge in [-0.2, -0.15) is 0 Å². The zero-order valence-electron chi connectivity index (χ0n) is 12.6. The van der Waals surface area contributed by atoms with E-state index in [-0.39, 0.29) is 22.9 Å². The van der Waals surface area contributed by atoms with E-state index in [0.717, 1.165) is 30.8 Å². The Morgan fingerprint density at radius 2 is 1.92 bits per heavy atom. The van der Waals surface area contributed by atoms with Crippen molar-refractivity contribution in [3.8, 4) is 0 Å². The number of nitro groups is 1. The van der Waals surface area contributed by atoms with Crippen LogP contribution in [-0.2, 0) is 0 Å². The maximum Gasteiger partial charge on any atom is 0.300 e. The lowest BCUT2D eigenvalue weighted by molar-refractivity contribution is -0.383. The average molecular weight is 328 g/mol. The fraction of sp³-hybridized carbons (Fsp3) is 0.250. The van der Waals surface area contributed by atoms with Gasteiger partial charge in [-0.05, 0) is 40.5 Å². The van der Waals surface area contributed by atoms with Crippen molar-refractivity contribution in [3.63, 3.8) is 0 Å². The summed E-state index contributed by atoms with van der Waals surface area (Å²) in [4.78, 5) is 12.7. The molecule has 0 bridgehead atoms. The minimum Gasteiger partial charge on any atom is -0.369 e. The third kappa shape index (κ3) is 2.36. The van der Waals surface area contributed by atoms with Gasteiger partial charge in [0, 0.05) is 25.1 Å². The lowest BCUT2D eigenvalue weighted by atomic mass is 9.98. The summed E-state index contributed by atoms with van der Waals surface area (Å²) in [5, 5.41) is 18.6. The number of benzene rings is 2. The molecule has 1 aromatic heterocycles. The summed E-state index contributed by atoms with van der Waals surface area (Å²) in [6.45, 7) is 1.51. The van der Waals surface area contributed by atoms with Crippen molar-refractivity contribution in [3.05, 3.63) is 57.9 Å². The van der Waals surface area contributed by atoms with Gasteiger partial charge in [-0.1, -0.05) is 12.1 Å². The van der Waals surface area contributed by atoms with Crippen molar-refractivity contribution in [1.82, 2.24) is 10.3 Å². The van der Waals surface area contributed by atoms with E-state index in [4.69, 9.17) is 4.63 Å². The molecule has 1 aliphatic rings. The van der Waals surface area contributed by atoms with Crippen molar-refractivity contribution in [2.24, 2.45) is 0 Å². The van der Waals surface area contributed by atoms with E-state index in [0.29, 0.717) is 5.52 Å². The summed E-state index contributed by atoms with van der Waals surface area (Å²) < 4.78 is 17.8. The standard InChI is InChI=1S/C16H13FN4O3/c17-12-3-1-10(2-4-12)11-7-8-20(9-11)13-5-6-14(21(22)23)16-15(13)18-24-19-16/h1-6,11H,7-9H2. The molecule has 1 aliphatic heterocycles. The number of rotatable bonds is 3. The molecule has 1 atom stereocenters. The first-order chi connectivity index (χ1) is 11.6. The summed E-state index contributed by atoms with van der Waals surface area (Å²) in [7, 11) is 0. The average Bonchev–Trinajstić information content (AvgIpc) is 3.24. The zero-order valence-corrected chi connectivity index (χ0v) is 12.6. The van der Waals surface area contributed by atoms with Crippen LogP contribution in [0.1, 0.15) is 17.9 Å². The molecule has 1 fully saturated rings. The van der Waals surface area contributed by atoms with Crippen molar-refractivity contribution >= 4 is 22.4 Å². The van der Waals surface area contributed by atoms with E-state index in [9.17, 15) is 14.5 Å². The predicted molar refractivity (Wildman–Crippen MR) is 84.4 cm³/mol. The molecule has 0 N–H and O–H groups in total. The molecule has 0 aliphatic carbocycles. The summed E-state index contributed by atoms with van der Waals surface area (Å²) in [5.41, 5.74) is 2.27. The molecule has 1 unspecified atom stereocenters. The number of non-ortho nitro benzene ring substituents is 1. The van der Waals surface area contributed by atoms with Crippen LogP contribution in [0.15, 0.2) is 41.0 Å². The van der Waals surface area contributed by atoms with Gasteiger partial charge in [0.05, 0.1) is 10.6 Å². The monoisotopic (exact) mass is 328 g/mol. The molecule has 122 valence electrons. The van der Waals surface area contributed by atoms with Crippen LogP contribution < -0.4 is 4.90 Å². The molecule has 0 saturated carbocycles. The largest absolute Gasteiger partial charge is 0.369 e. The smallest absolute Gasteiger partial charge is 0.300 e. The fourth-order valence-electron chi connectivity index (χ4n) is 3.23. The Morgan fingerprint density at radius 1 is 1.17 bits per heavy atom. The SMILES string of the molecule is O=[N+]([O-])c1ccc(N2CCC(c3ccc(F)cc3)C2)c2nonc12. The van der Waals surface area contributed by atoms with E-state index < -0.39 is 4.92 Å². The second kappa shape index (κ2) is 5.55. The van der Waals surface area contributed by atoms with Crippen LogP contribution in [0.5, 0.6) is 0 Å². The molecular weight excluding hydrogens is 315 g/mol. The van der Waals surface area contributed by atoms with Crippen molar-refractivity contribution in [2.75, 3.05) is 18.0 Å². The minimum atomic E-state index is -0.498. The van der Waals surface area contributed by atoms with Crippen molar-refractivity contribution < 1.29 is 13.9 Å². The van der Waals surface area contributed by atoms with Crippen LogP contribution in [-0.4, -0.2) is 28.3 Å². The lowest BCUT2D eigenvalue weighted by Gasteiger charge is -2.18. The van der Waals surface area contributed by atoms with Gasteiger partial charge in [-0.25, -0.2) is 9.02 Å². The van der Waals surface area contributed by atoms with Gasteiger partial charge in [0.1, 0.15) is 5.82 Å². The van der Waals surface area contributed by atoms with Gasteiger partial charge >= 0.3 is 5.69 Å². The van der Waals surface area contributed by atoms with Crippen LogP contribution >= 0.6 is 0 Å². The first-order valence-electron chi connectivity index (χ1n) is 7.53. The van der Waals surface area contributed by atoms with Crippen molar-refractivity contribution in [2.45, 2.75) is 12.3 Å². The van der Waals surface area contributed by atoms with Crippen molar-refractivity contribution in [1.29, 1.82) is 0 Å². The molecule has 24 heavy (non-hydrogen) atoms. The van der Waals surface area contributed by atoms with E-state index in [1.807, 2.05) is 0 Å². The lowest BCUT2D eigenvalue weighted by Crippen LogP contribution is -2.19. The number of nitro benzene ring substituents is 1. The first-order valence-corrected chi connectivity index (χ1v) is 7.53. The Hall–Kier alpha value is -3.03. The Morgan fingerprint density at radius 3 is 2.67 bits per heavy atom. The van der Waals surface area contributed by atoms with Crippen LogP contribution in [0, 0.1) is 15.9 Å². The summed E-state index contributed by atoms with van der Waals surface area (Å²) in [6, 6.07) is 9.62. The predicted octanol–water partition coefficient (Wildman–Crippen LogP) is 3.26. The highest BCUT2D eigenvalue weighted by Gasteiger charge is 2.28.